The minimum atomic E-state index is -4.73. The number of rotatable bonds is 9. The van der Waals surface area contributed by atoms with Crippen LogP contribution in [0.15, 0.2) is 83.8 Å². The Kier molecular flexibility index (Phi) is 8.02. The summed E-state index contributed by atoms with van der Waals surface area (Å²) < 4.78 is 72.3. The van der Waals surface area contributed by atoms with E-state index in [0.29, 0.717) is 11.3 Å². The van der Waals surface area contributed by atoms with E-state index in [1.807, 2.05) is 0 Å². The van der Waals surface area contributed by atoms with Gasteiger partial charge in [0.25, 0.3) is 0 Å². The number of benzene rings is 3. The monoisotopic (exact) mass is 505 g/mol. The maximum absolute atomic E-state index is 14.4. The molecule has 0 radical (unpaired) electrons. The highest BCUT2D eigenvalue weighted by Crippen LogP contribution is 2.47. The summed E-state index contributed by atoms with van der Waals surface area (Å²) in [5, 5.41) is 2.66. The third kappa shape index (κ3) is 5.74. The van der Waals surface area contributed by atoms with Crippen molar-refractivity contribution in [3.63, 3.8) is 0 Å². The van der Waals surface area contributed by atoms with Gasteiger partial charge in [-0.3, -0.25) is 4.79 Å². The van der Waals surface area contributed by atoms with Crippen LogP contribution in [0.4, 0.5) is 18.9 Å². The fourth-order valence-electron chi connectivity index (χ4n) is 3.79. The molecule has 1 unspecified atom stereocenters. The quantitative estimate of drug-likeness (QED) is 0.417. The summed E-state index contributed by atoms with van der Waals surface area (Å²) in [5.74, 6) is -0.412. The van der Waals surface area contributed by atoms with E-state index >= 15 is 0 Å². The molecular formula is C26H26F3NO4S. The lowest BCUT2D eigenvalue weighted by Crippen LogP contribution is -2.46. The molecule has 0 bridgehead atoms. The normalized spacial score (nSPS) is 13.7. The van der Waals surface area contributed by atoms with Gasteiger partial charge in [0, 0.05) is 12.3 Å². The SMILES string of the molecule is CCOC(c1ccccc1)(c1ccc(NC(=O)Cc2ccc(S(=O)(=O)CC)cc2)cc1)C(F)(F)F. The highest BCUT2D eigenvalue weighted by molar-refractivity contribution is 7.91. The van der Waals surface area contributed by atoms with Gasteiger partial charge in [-0.05, 0) is 47.9 Å². The standard InChI is InChI=1S/C26H26F3NO4S/c1-3-34-25(26(27,28)29,20-8-6-5-7-9-20)21-12-14-22(15-13-21)30-24(31)18-19-10-16-23(17-11-19)35(32,33)4-2/h5-17H,3-4,18H2,1-2H3,(H,30,31). The first-order chi connectivity index (χ1) is 16.5. The highest BCUT2D eigenvalue weighted by atomic mass is 32.2. The van der Waals surface area contributed by atoms with Gasteiger partial charge in [-0.15, -0.1) is 0 Å². The number of alkyl halides is 3. The van der Waals surface area contributed by atoms with E-state index in [-0.39, 0.29) is 40.7 Å². The third-order valence-corrected chi connectivity index (χ3v) is 7.29. The van der Waals surface area contributed by atoms with Gasteiger partial charge in [-0.25, -0.2) is 8.42 Å². The van der Waals surface area contributed by atoms with Gasteiger partial charge in [0.15, 0.2) is 9.84 Å². The van der Waals surface area contributed by atoms with E-state index < -0.39 is 21.6 Å². The molecule has 0 fully saturated rings. The molecule has 9 heteroatoms. The molecule has 0 aliphatic rings. The Morgan fingerprint density at radius 3 is 1.94 bits per heavy atom. The molecule has 35 heavy (non-hydrogen) atoms. The number of hydrogen-bond acceptors (Lipinski definition) is 4. The number of ether oxygens (including phenoxy) is 1. The van der Waals surface area contributed by atoms with Crippen LogP contribution in [0.2, 0.25) is 0 Å². The Morgan fingerprint density at radius 2 is 1.43 bits per heavy atom. The summed E-state index contributed by atoms with van der Waals surface area (Å²) in [6.07, 6.45) is -4.75. The molecule has 0 aliphatic carbocycles. The van der Waals surface area contributed by atoms with Crippen LogP contribution in [0.1, 0.15) is 30.5 Å². The van der Waals surface area contributed by atoms with Gasteiger partial charge in [0.1, 0.15) is 0 Å². The van der Waals surface area contributed by atoms with Crippen LogP contribution in [0.25, 0.3) is 0 Å². The van der Waals surface area contributed by atoms with Gasteiger partial charge in [0.05, 0.1) is 17.1 Å². The zero-order chi connectivity index (χ0) is 25.7. The number of halogens is 3. The second kappa shape index (κ2) is 10.6. The van der Waals surface area contributed by atoms with Crippen LogP contribution < -0.4 is 5.32 Å². The van der Waals surface area contributed by atoms with E-state index in [0.717, 1.165) is 0 Å². The Labute approximate surface area is 202 Å². The molecule has 0 spiro atoms. The molecule has 0 aromatic heterocycles. The molecule has 1 atom stereocenters. The molecule has 3 rings (SSSR count). The zero-order valence-electron chi connectivity index (χ0n) is 19.3. The van der Waals surface area contributed by atoms with Crippen LogP contribution >= 0.6 is 0 Å². The highest BCUT2D eigenvalue weighted by Gasteiger charge is 2.58. The molecule has 3 aromatic carbocycles. The molecule has 3 aromatic rings. The molecule has 5 nitrogen and oxygen atoms in total. The van der Waals surface area contributed by atoms with Crippen molar-refractivity contribution in [3.05, 3.63) is 95.6 Å². The minimum absolute atomic E-state index is 0.0218. The lowest BCUT2D eigenvalue weighted by molar-refractivity contribution is -0.265. The van der Waals surface area contributed by atoms with Crippen molar-refractivity contribution < 1.29 is 31.1 Å². The molecule has 0 saturated heterocycles. The molecule has 0 aliphatic heterocycles. The number of nitrogens with one attached hydrogen (secondary N) is 1. The van der Waals surface area contributed by atoms with E-state index in [4.69, 9.17) is 4.74 Å². The van der Waals surface area contributed by atoms with Gasteiger partial charge >= 0.3 is 6.18 Å². The van der Waals surface area contributed by atoms with E-state index in [9.17, 15) is 26.4 Å². The van der Waals surface area contributed by atoms with Crippen LogP contribution in [0.3, 0.4) is 0 Å². The summed E-state index contributed by atoms with van der Waals surface area (Å²) in [5.41, 5.74) is -1.87. The number of hydrogen-bond donors (Lipinski definition) is 1. The summed E-state index contributed by atoms with van der Waals surface area (Å²) in [4.78, 5) is 12.6. The van der Waals surface area contributed by atoms with Gasteiger partial charge in [-0.1, -0.05) is 61.5 Å². The Hall–Kier alpha value is -3.17. The first kappa shape index (κ1) is 26.4. The van der Waals surface area contributed by atoms with Gasteiger partial charge in [0.2, 0.25) is 11.5 Å². The van der Waals surface area contributed by atoms with Crippen molar-refractivity contribution in [1.29, 1.82) is 0 Å². The van der Waals surface area contributed by atoms with Gasteiger partial charge in [-0.2, -0.15) is 13.2 Å². The van der Waals surface area contributed by atoms with E-state index in [1.165, 1.54) is 67.6 Å². The first-order valence-electron chi connectivity index (χ1n) is 11.0. The van der Waals surface area contributed by atoms with E-state index in [1.54, 1.807) is 25.1 Å². The second-order valence-electron chi connectivity index (χ2n) is 7.83. The number of carbonyl (C=O) groups is 1. The number of amides is 1. The van der Waals surface area contributed by atoms with Crippen molar-refractivity contribution in [2.45, 2.75) is 36.9 Å². The maximum Gasteiger partial charge on any atom is 0.426 e. The largest absolute Gasteiger partial charge is 0.426 e. The molecule has 0 heterocycles. The molecule has 1 amide bonds. The van der Waals surface area contributed by atoms with Crippen molar-refractivity contribution in [2.75, 3.05) is 17.7 Å². The fourth-order valence-corrected chi connectivity index (χ4v) is 4.68. The molecular weight excluding hydrogens is 479 g/mol. The summed E-state index contributed by atoms with van der Waals surface area (Å²) in [6.45, 7) is 2.89. The maximum atomic E-state index is 14.4. The Bertz CT molecular complexity index is 1240. The fraction of sp³-hybridized carbons (Fsp3) is 0.269. The van der Waals surface area contributed by atoms with Crippen molar-refractivity contribution in [2.24, 2.45) is 0 Å². The Morgan fingerprint density at radius 1 is 0.857 bits per heavy atom. The van der Waals surface area contributed by atoms with E-state index in [2.05, 4.69) is 5.32 Å². The third-order valence-electron chi connectivity index (χ3n) is 5.54. The first-order valence-corrected chi connectivity index (χ1v) is 12.7. The number of carbonyl (C=O) groups excluding carboxylic acids is 1. The van der Waals surface area contributed by atoms with Crippen LogP contribution in [0.5, 0.6) is 0 Å². The molecule has 186 valence electrons. The van der Waals surface area contributed by atoms with Crippen LogP contribution in [-0.4, -0.2) is 32.9 Å². The second-order valence-corrected chi connectivity index (χ2v) is 10.1. The molecule has 0 saturated carbocycles. The average molecular weight is 506 g/mol. The molecule has 1 N–H and O–H groups in total. The zero-order valence-corrected chi connectivity index (χ0v) is 20.1. The van der Waals surface area contributed by atoms with Crippen LogP contribution in [-0.2, 0) is 31.4 Å². The lowest BCUT2D eigenvalue weighted by atomic mass is 9.85. The smallest absolute Gasteiger partial charge is 0.357 e. The van der Waals surface area contributed by atoms with Crippen molar-refractivity contribution in [1.82, 2.24) is 0 Å². The number of anilines is 1. The lowest BCUT2D eigenvalue weighted by Gasteiger charge is -2.36. The topological polar surface area (TPSA) is 72.5 Å². The van der Waals surface area contributed by atoms with Crippen LogP contribution in [0, 0.1) is 0 Å². The predicted molar refractivity (Wildman–Crippen MR) is 128 cm³/mol. The Balaban J connectivity index is 1.80. The summed E-state index contributed by atoms with van der Waals surface area (Å²) in [7, 11) is -3.33. The van der Waals surface area contributed by atoms with Crippen molar-refractivity contribution in [3.8, 4) is 0 Å². The summed E-state index contributed by atoms with van der Waals surface area (Å²) >= 11 is 0. The van der Waals surface area contributed by atoms with Gasteiger partial charge < -0.3 is 10.1 Å². The predicted octanol–water partition coefficient (Wildman–Crippen LogP) is 5.50. The van der Waals surface area contributed by atoms with Crippen molar-refractivity contribution >= 4 is 21.4 Å². The number of sulfone groups is 1. The minimum Gasteiger partial charge on any atom is -0.357 e. The average Bonchev–Trinajstić information content (AvgIpc) is 2.83. The summed E-state index contributed by atoms with van der Waals surface area (Å²) in [6, 6.07) is 18.8.